The molecule has 0 aliphatic rings. The van der Waals surface area contributed by atoms with Crippen molar-refractivity contribution in [3.05, 3.63) is 69.9 Å². The van der Waals surface area contributed by atoms with Crippen molar-refractivity contribution in [2.45, 2.75) is 17.4 Å². The van der Waals surface area contributed by atoms with E-state index >= 15 is 0 Å². The average Bonchev–Trinajstić information content (AvgIpc) is 3.22. The highest BCUT2D eigenvalue weighted by Crippen LogP contribution is 2.29. The van der Waals surface area contributed by atoms with Gasteiger partial charge in [0.15, 0.2) is 16.8 Å². The van der Waals surface area contributed by atoms with E-state index in [1.807, 2.05) is 0 Å². The Labute approximate surface area is 186 Å². The topological polar surface area (TPSA) is 83.1 Å². The van der Waals surface area contributed by atoms with Gasteiger partial charge < -0.3 is 10.6 Å². The predicted molar refractivity (Wildman–Crippen MR) is 116 cm³/mol. The van der Waals surface area contributed by atoms with Crippen molar-refractivity contribution in [1.82, 2.24) is 10.3 Å². The molecule has 0 aliphatic carbocycles. The van der Waals surface area contributed by atoms with E-state index in [0.717, 1.165) is 35.6 Å². The standard InChI is InChI=1S/C19H18ClF3N4O2S2/c1-24-12(6-11-2-3-14(21)15(22)7-11)10-26-17-9-16(23)18(8-13(17)20)31(28,29)27-19-25-4-5-30-19/h2-5,7-9,12,24,26H,6,10H2,1H3,(H,25,27). The minimum atomic E-state index is -4.21. The summed E-state index contributed by atoms with van der Waals surface area (Å²) in [5, 5.41) is 7.65. The van der Waals surface area contributed by atoms with E-state index < -0.39 is 32.4 Å². The summed E-state index contributed by atoms with van der Waals surface area (Å²) in [5.41, 5.74) is 0.768. The van der Waals surface area contributed by atoms with Crippen molar-refractivity contribution in [3.63, 3.8) is 0 Å². The lowest BCUT2D eigenvalue weighted by Crippen LogP contribution is -2.34. The lowest BCUT2D eigenvalue weighted by molar-refractivity contribution is 0.504. The number of benzene rings is 2. The van der Waals surface area contributed by atoms with Gasteiger partial charge in [-0.3, -0.25) is 4.72 Å². The normalized spacial score (nSPS) is 12.5. The third-order valence-corrected chi connectivity index (χ3v) is 6.86. The van der Waals surface area contributed by atoms with Gasteiger partial charge in [0.25, 0.3) is 10.0 Å². The number of sulfonamides is 1. The fourth-order valence-electron chi connectivity index (χ4n) is 2.77. The molecule has 1 heterocycles. The van der Waals surface area contributed by atoms with Crippen LogP contribution in [0.3, 0.4) is 0 Å². The first-order valence-electron chi connectivity index (χ1n) is 8.96. The van der Waals surface area contributed by atoms with Crippen LogP contribution in [0.15, 0.2) is 46.8 Å². The molecule has 0 bridgehead atoms. The molecule has 166 valence electrons. The molecule has 6 nitrogen and oxygen atoms in total. The number of hydrogen-bond donors (Lipinski definition) is 3. The van der Waals surface area contributed by atoms with Crippen LogP contribution >= 0.6 is 22.9 Å². The van der Waals surface area contributed by atoms with Crippen LogP contribution < -0.4 is 15.4 Å². The quantitative estimate of drug-likeness (QED) is 0.417. The molecule has 3 rings (SSSR count). The van der Waals surface area contributed by atoms with E-state index in [1.54, 1.807) is 12.4 Å². The van der Waals surface area contributed by atoms with E-state index in [1.165, 1.54) is 12.3 Å². The van der Waals surface area contributed by atoms with Crippen molar-refractivity contribution in [3.8, 4) is 0 Å². The van der Waals surface area contributed by atoms with Gasteiger partial charge in [-0.25, -0.2) is 26.6 Å². The summed E-state index contributed by atoms with van der Waals surface area (Å²) in [6.45, 7) is 0.262. The zero-order valence-electron chi connectivity index (χ0n) is 16.1. The molecule has 3 N–H and O–H groups in total. The number of rotatable bonds is 9. The Morgan fingerprint density at radius 3 is 2.55 bits per heavy atom. The molecule has 1 atom stereocenters. The van der Waals surface area contributed by atoms with Gasteiger partial charge in [-0.2, -0.15) is 0 Å². The maximum atomic E-state index is 14.6. The van der Waals surface area contributed by atoms with Crippen LogP contribution in [0.5, 0.6) is 0 Å². The summed E-state index contributed by atoms with van der Waals surface area (Å²) >= 11 is 7.22. The summed E-state index contributed by atoms with van der Waals surface area (Å²) in [6.07, 6.45) is 1.78. The number of nitrogens with zero attached hydrogens (tertiary/aromatic N) is 1. The van der Waals surface area contributed by atoms with Crippen LogP contribution in [-0.2, 0) is 16.4 Å². The largest absolute Gasteiger partial charge is 0.382 e. The number of halogens is 4. The van der Waals surface area contributed by atoms with Crippen LogP contribution in [0.4, 0.5) is 24.0 Å². The monoisotopic (exact) mass is 490 g/mol. The van der Waals surface area contributed by atoms with Gasteiger partial charge >= 0.3 is 0 Å². The molecular formula is C19H18ClF3N4O2S2. The molecular weight excluding hydrogens is 473 g/mol. The Balaban J connectivity index is 1.71. The molecule has 0 fully saturated rings. The molecule has 12 heteroatoms. The Hall–Kier alpha value is -2.34. The SMILES string of the molecule is CNC(CNc1cc(F)c(S(=O)(=O)Nc2nccs2)cc1Cl)Cc1ccc(F)c(F)c1. The summed E-state index contributed by atoms with van der Waals surface area (Å²) in [5.74, 6) is -2.85. The summed E-state index contributed by atoms with van der Waals surface area (Å²) in [4.78, 5) is 3.20. The second kappa shape index (κ2) is 9.86. The molecule has 0 saturated carbocycles. The highest BCUT2D eigenvalue weighted by atomic mass is 35.5. The maximum absolute atomic E-state index is 14.6. The van der Waals surface area contributed by atoms with Crippen molar-refractivity contribution >= 4 is 43.8 Å². The van der Waals surface area contributed by atoms with Crippen LogP contribution in [0.2, 0.25) is 5.02 Å². The number of anilines is 2. The van der Waals surface area contributed by atoms with Gasteiger partial charge in [-0.05, 0) is 43.3 Å². The van der Waals surface area contributed by atoms with Gasteiger partial charge in [0, 0.05) is 24.2 Å². The molecule has 31 heavy (non-hydrogen) atoms. The second-order valence-electron chi connectivity index (χ2n) is 6.52. The van der Waals surface area contributed by atoms with Crippen LogP contribution in [0.25, 0.3) is 0 Å². The first kappa shape index (κ1) is 23.3. The minimum absolute atomic E-state index is 0.00333. The number of likely N-dealkylation sites (N-methyl/N-ethyl adjacent to an activating group) is 1. The van der Waals surface area contributed by atoms with Crippen molar-refractivity contribution < 1.29 is 21.6 Å². The second-order valence-corrected chi connectivity index (χ2v) is 9.48. The minimum Gasteiger partial charge on any atom is -0.382 e. The van der Waals surface area contributed by atoms with E-state index in [9.17, 15) is 21.6 Å². The van der Waals surface area contributed by atoms with Gasteiger partial charge in [0.1, 0.15) is 10.7 Å². The van der Waals surface area contributed by atoms with Crippen LogP contribution in [0.1, 0.15) is 5.56 Å². The van der Waals surface area contributed by atoms with E-state index in [0.29, 0.717) is 12.0 Å². The van der Waals surface area contributed by atoms with E-state index in [-0.39, 0.29) is 28.4 Å². The number of thiazole rings is 1. The lowest BCUT2D eigenvalue weighted by atomic mass is 10.1. The number of aromatic nitrogens is 1. The molecule has 0 aliphatic heterocycles. The van der Waals surface area contributed by atoms with Crippen molar-refractivity contribution in [2.24, 2.45) is 0 Å². The first-order valence-corrected chi connectivity index (χ1v) is 11.7. The van der Waals surface area contributed by atoms with Crippen LogP contribution in [0, 0.1) is 17.5 Å². The lowest BCUT2D eigenvalue weighted by Gasteiger charge is -2.19. The highest BCUT2D eigenvalue weighted by molar-refractivity contribution is 7.93. The number of hydrogen-bond acceptors (Lipinski definition) is 6. The fourth-order valence-corrected chi connectivity index (χ4v) is 4.94. The van der Waals surface area contributed by atoms with Gasteiger partial charge in [0.2, 0.25) is 0 Å². The molecule has 0 radical (unpaired) electrons. The first-order chi connectivity index (χ1) is 14.7. The maximum Gasteiger partial charge on any atom is 0.266 e. The predicted octanol–water partition coefficient (Wildman–Crippen LogP) is 4.26. The third-order valence-electron chi connectivity index (χ3n) is 4.38. The molecule has 0 saturated heterocycles. The Kier molecular flexibility index (Phi) is 7.42. The molecule has 1 aromatic heterocycles. The van der Waals surface area contributed by atoms with Crippen molar-refractivity contribution in [1.29, 1.82) is 0 Å². The Bertz CT molecular complexity index is 1160. The van der Waals surface area contributed by atoms with E-state index in [4.69, 9.17) is 11.6 Å². The molecule has 0 amide bonds. The molecule has 3 aromatic rings. The third kappa shape index (κ3) is 5.88. The molecule has 1 unspecified atom stereocenters. The van der Waals surface area contributed by atoms with Gasteiger partial charge in [-0.15, -0.1) is 11.3 Å². The summed E-state index contributed by atoms with van der Waals surface area (Å²) in [7, 11) is -2.52. The molecule has 0 spiro atoms. The summed E-state index contributed by atoms with van der Waals surface area (Å²) in [6, 6.07) is 5.42. The van der Waals surface area contributed by atoms with E-state index in [2.05, 4.69) is 20.3 Å². The zero-order chi connectivity index (χ0) is 22.6. The van der Waals surface area contributed by atoms with Crippen LogP contribution in [-0.4, -0.2) is 33.0 Å². The Morgan fingerprint density at radius 1 is 1.13 bits per heavy atom. The van der Waals surface area contributed by atoms with Gasteiger partial charge in [0.05, 0.1) is 10.7 Å². The van der Waals surface area contributed by atoms with Gasteiger partial charge in [-0.1, -0.05) is 17.7 Å². The fraction of sp³-hybridized carbons (Fsp3) is 0.211. The number of nitrogens with one attached hydrogen (secondary N) is 3. The highest BCUT2D eigenvalue weighted by Gasteiger charge is 2.22. The zero-order valence-corrected chi connectivity index (χ0v) is 18.5. The summed E-state index contributed by atoms with van der Waals surface area (Å²) < 4.78 is 68.1. The Morgan fingerprint density at radius 2 is 1.90 bits per heavy atom. The average molecular weight is 491 g/mol. The molecule has 2 aromatic carbocycles. The smallest absolute Gasteiger partial charge is 0.266 e. The van der Waals surface area contributed by atoms with Crippen molar-refractivity contribution in [2.75, 3.05) is 23.6 Å².